The lowest BCUT2D eigenvalue weighted by Gasteiger charge is -2.13. The monoisotopic (exact) mass is 274 g/mol. The van der Waals surface area contributed by atoms with Crippen molar-refractivity contribution in [3.05, 3.63) is 77.9 Å². The van der Waals surface area contributed by atoms with Gasteiger partial charge in [0, 0.05) is 0 Å². The number of benzene rings is 3. The van der Waals surface area contributed by atoms with E-state index in [0.717, 1.165) is 5.56 Å². The maximum Gasteiger partial charge on any atom is 0.115 e. The second kappa shape index (κ2) is 5.45. The van der Waals surface area contributed by atoms with Crippen LogP contribution in [0.4, 0.5) is 0 Å². The van der Waals surface area contributed by atoms with Gasteiger partial charge in [-0.3, -0.25) is 0 Å². The Morgan fingerprint density at radius 2 is 1.38 bits per heavy atom. The van der Waals surface area contributed by atoms with Gasteiger partial charge in [0.25, 0.3) is 0 Å². The molecule has 3 aromatic carbocycles. The van der Waals surface area contributed by atoms with Crippen LogP contribution in [0.15, 0.2) is 66.7 Å². The molecule has 0 bridgehead atoms. The van der Waals surface area contributed by atoms with E-state index >= 15 is 0 Å². The molecule has 3 rings (SSSR count). The molecule has 0 unspecified atom stereocenters. The quantitative estimate of drug-likeness (QED) is 0.668. The average molecular weight is 274 g/mol. The maximum atomic E-state index is 9.48. The van der Waals surface area contributed by atoms with Crippen LogP contribution in [0.1, 0.15) is 11.1 Å². The molecule has 0 aliphatic carbocycles. The molecule has 1 N–H and O–H groups in total. The normalized spacial score (nSPS) is 10.6. The molecular weight excluding hydrogens is 256 g/mol. The summed E-state index contributed by atoms with van der Waals surface area (Å²) >= 11 is 0. The Kier molecular flexibility index (Phi) is 3.49. The van der Waals surface area contributed by atoms with E-state index in [-0.39, 0.29) is 0 Å². The van der Waals surface area contributed by atoms with Gasteiger partial charge in [-0.05, 0) is 53.8 Å². The molecule has 0 aromatic heterocycles. The minimum Gasteiger partial charge on any atom is -0.508 e. The summed E-state index contributed by atoms with van der Waals surface area (Å²) in [6.07, 6.45) is 0. The third-order valence-electron chi connectivity index (χ3n) is 3.79. The molecule has 3 aromatic rings. The molecule has 0 atom stereocenters. The minimum atomic E-state index is 0.295. The van der Waals surface area contributed by atoms with Gasteiger partial charge in [-0.1, -0.05) is 60.2 Å². The lowest BCUT2D eigenvalue weighted by molar-refractivity contribution is 0.475. The highest BCUT2D eigenvalue weighted by Gasteiger charge is 2.09. The van der Waals surface area contributed by atoms with Crippen LogP contribution < -0.4 is 0 Å². The van der Waals surface area contributed by atoms with Crippen molar-refractivity contribution in [1.82, 2.24) is 0 Å². The molecule has 0 spiro atoms. The van der Waals surface area contributed by atoms with Crippen molar-refractivity contribution in [2.75, 3.05) is 0 Å². The van der Waals surface area contributed by atoms with Crippen molar-refractivity contribution < 1.29 is 5.11 Å². The maximum absolute atomic E-state index is 9.48. The fraction of sp³-hybridized carbons (Fsp3) is 0.100. The first-order chi connectivity index (χ1) is 10.1. The molecule has 104 valence electrons. The Morgan fingerprint density at radius 1 is 0.667 bits per heavy atom. The summed E-state index contributed by atoms with van der Waals surface area (Å²) in [4.78, 5) is 0. The number of phenolic OH excluding ortho intramolecular Hbond substituents is 1. The van der Waals surface area contributed by atoms with Crippen LogP contribution >= 0.6 is 0 Å². The SMILES string of the molecule is Cc1ccc(-c2ccc(O)cc2)c(-c2ccccc2C)c1. The highest BCUT2D eigenvalue weighted by molar-refractivity contribution is 5.85. The van der Waals surface area contributed by atoms with Crippen molar-refractivity contribution in [1.29, 1.82) is 0 Å². The standard InChI is InChI=1S/C20H18O/c1-14-7-12-19(16-8-10-17(21)11-9-16)20(13-14)18-6-4-3-5-15(18)2/h3-13,21H,1-2H3. The molecule has 0 radical (unpaired) electrons. The number of phenols is 1. The summed E-state index contributed by atoms with van der Waals surface area (Å²) in [5.41, 5.74) is 7.31. The molecule has 0 amide bonds. The number of rotatable bonds is 2. The van der Waals surface area contributed by atoms with E-state index in [1.54, 1.807) is 12.1 Å². The summed E-state index contributed by atoms with van der Waals surface area (Å²) in [6.45, 7) is 4.25. The van der Waals surface area contributed by atoms with E-state index in [9.17, 15) is 5.11 Å². The zero-order valence-corrected chi connectivity index (χ0v) is 12.3. The number of hydrogen-bond donors (Lipinski definition) is 1. The van der Waals surface area contributed by atoms with Crippen molar-refractivity contribution in [3.8, 4) is 28.0 Å². The minimum absolute atomic E-state index is 0.295. The van der Waals surface area contributed by atoms with Gasteiger partial charge in [-0.2, -0.15) is 0 Å². The first-order valence-corrected chi connectivity index (χ1v) is 7.11. The number of hydrogen-bond acceptors (Lipinski definition) is 1. The third kappa shape index (κ3) is 2.68. The van der Waals surface area contributed by atoms with Crippen LogP contribution in [0, 0.1) is 13.8 Å². The summed E-state index contributed by atoms with van der Waals surface area (Å²) in [7, 11) is 0. The molecule has 0 fully saturated rings. The van der Waals surface area contributed by atoms with Crippen LogP contribution in [0.3, 0.4) is 0 Å². The largest absolute Gasteiger partial charge is 0.508 e. The van der Waals surface area contributed by atoms with Crippen LogP contribution in [0.2, 0.25) is 0 Å². The predicted molar refractivity (Wildman–Crippen MR) is 88.5 cm³/mol. The Morgan fingerprint density at radius 3 is 2.10 bits per heavy atom. The Labute approximate surface area is 125 Å². The van der Waals surface area contributed by atoms with Gasteiger partial charge in [0.05, 0.1) is 0 Å². The van der Waals surface area contributed by atoms with Gasteiger partial charge in [0.1, 0.15) is 5.75 Å². The Balaban J connectivity index is 2.23. The van der Waals surface area contributed by atoms with Gasteiger partial charge >= 0.3 is 0 Å². The van der Waals surface area contributed by atoms with Gasteiger partial charge in [0.15, 0.2) is 0 Å². The summed E-state index contributed by atoms with van der Waals surface area (Å²) in [5, 5.41) is 9.48. The van der Waals surface area contributed by atoms with Crippen molar-refractivity contribution >= 4 is 0 Å². The molecule has 0 aliphatic rings. The highest BCUT2D eigenvalue weighted by Crippen LogP contribution is 2.35. The summed E-state index contributed by atoms with van der Waals surface area (Å²) in [5.74, 6) is 0.295. The van der Waals surface area contributed by atoms with E-state index in [2.05, 4.69) is 56.3 Å². The Bertz CT molecular complexity index is 770. The smallest absolute Gasteiger partial charge is 0.115 e. The topological polar surface area (TPSA) is 20.2 Å². The Hall–Kier alpha value is -2.54. The second-order valence-corrected chi connectivity index (χ2v) is 5.41. The van der Waals surface area contributed by atoms with E-state index in [0.29, 0.717) is 5.75 Å². The third-order valence-corrected chi connectivity index (χ3v) is 3.79. The first-order valence-electron chi connectivity index (χ1n) is 7.11. The van der Waals surface area contributed by atoms with Gasteiger partial charge in [-0.25, -0.2) is 0 Å². The zero-order chi connectivity index (χ0) is 14.8. The van der Waals surface area contributed by atoms with E-state index in [1.165, 1.54) is 27.8 Å². The number of aromatic hydroxyl groups is 1. The molecule has 0 saturated carbocycles. The van der Waals surface area contributed by atoms with Crippen molar-refractivity contribution in [2.24, 2.45) is 0 Å². The molecule has 21 heavy (non-hydrogen) atoms. The molecular formula is C20H18O. The lowest BCUT2D eigenvalue weighted by atomic mass is 9.91. The fourth-order valence-electron chi connectivity index (χ4n) is 2.65. The van der Waals surface area contributed by atoms with Crippen LogP contribution in [-0.4, -0.2) is 5.11 Å². The molecule has 0 heterocycles. The van der Waals surface area contributed by atoms with Gasteiger partial charge in [0.2, 0.25) is 0 Å². The first kappa shape index (κ1) is 13.4. The zero-order valence-electron chi connectivity index (χ0n) is 12.3. The van der Waals surface area contributed by atoms with Gasteiger partial charge < -0.3 is 5.11 Å². The van der Waals surface area contributed by atoms with Gasteiger partial charge in [-0.15, -0.1) is 0 Å². The predicted octanol–water partition coefficient (Wildman–Crippen LogP) is 5.34. The van der Waals surface area contributed by atoms with E-state index in [1.807, 2.05) is 12.1 Å². The van der Waals surface area contributed by atoms with Crippen LogP contribution in [0.25, 0.3) is 22.3 Å². The second-order valence-electron chi connectivity index (χ2n) is 5.41. The molecule has 0 aliphatic heterocycles. The molecule has 1 nitrogen and oxygen atoms in total. The summed E-state index contributed by atoms with van der Waals surface area (Å²) < 4.78 is 0. The van der Waals surface area contributed by atoms with Crippen molar-refractivity contribution in [3.63, 3.8) is 0 Å². The average Bonchev–Trinajstić information content (AvgIpc) is 2.49. The molecule has 1 heteroatoms. The van der Waals surface area contributed by atoms with Crippen LogP contribution in [0.5, 0.6) is 5.75 Å². The fourth-order valence-corrected chi connectivity index (χ4v) is 2.65. The van der Waals surface area contributed by atoms with E-state index < -0.39 is 0 Å². The molecule has 0 saturated heterocycles. The lowest BCUT2D eigenvalue weighted by Crippen LogP contribution is -1.89. The van der Waals surface area contributed by atoms with Crippen molar-refractivity contribution in [2.45, 2.75) is 13.8 Å². The number of aryl methyl sites for hydroxylation is 2. The van der Waals surface area contributed by atoms with E-state index in [4.69, 9.17) is 0 Å². The highest BCUT2D eigenvalue weighted by atomic mass is 16.3. The summed E-state index contributed by atoms with van der Waals surface area (Å²) in [6, 6.07) is 22.3. The van der Waals surface area contributed by atoms with Crippen LogP contribution in [-0.2, 0) is 0 Å².